The third kappa shape index (κ3) is 4.52. The minimum atomic E-state index is 0.260. The molecule has 0 amide bonds. The summed E-state index contributed by atoms with van der Waals surface area (Å²) in [5.41, 5.74) is 2.98. The first kappa shape index (κ1) is 16.9. The fraction of sp³-hybridized carbons (Fsp3) is 0.647. The van der Waals surface area contributed by atoms with Crippen LogP contribution in [0.4, 0.5) is 0 Å². The van der Waals surface area contributed by atoms with Crippen LogP contribution in [0.3, 0.4) is 0 Å². The maximum atomic E-state index is 3.74. The number of piperazine rings is 1. The fourth-order valence-electron chi connectivity index (χ4n) is 2.82. The molecule has 0 saturated carbocycles. The Morgan fingerprint density at radius 3 is 2.67 bits per heavy atom. The largest absolute Gasteiger partial charge is 0.313 e. The Kier molecular flexibility index (Phi) is 5.83. The zero-order valence-corrected chi connectivity index (χ0v) is 15.3. The number of nitrogens with one attached hydrogen (secondary N) is 1. The van der Waals surface area contributed by atoms with Gasteiger partial charge in [0.15, 0.2) is 0 Å². The number of hydrogen-bond acceptors (Lipinski definition) is 3. The lowest BCUT2D eigenvalue weighted by molar-refractivity contribution is 0.0359. The highest BCUT2D eigenvalue weighted by molar-refractivity contribution is 9.10. The van der Waals surface area contributed by atoms with Crippen molar-refractivity contribution >= 4 is 15.9 Å². The molecule has 0 radical (unpaired) electrons. The molecule has 1 aliphatic rings. The summed E-state index contributed by atoms with van der Waals surface area (Å²) < 4.78 is 1.23. The van der Waals surface area contributed by atoms with Crippen LogP contribution < -0.4 is 5.32 Å². The Balaban J connectivity index is 2.00. The van der Waals surface area contributed by atoms with Gasteiger partial charge in [-0.05, 0) is 44.6 Å². The summed E-state index contributed by atoms with van der Waals surface area (Å²) in [6.07, 6.45) is 0. The molecule has 118 valence electrons. The average molecular weight is 354 g/mol. The summed E-state index contributed by atoms with van der Waals surface area (Å²) in [7, 11) is 2.22. The van der Waals surface area contributed by atoms with Crippen molar-refractivity contribution < 1.29 is 0 Å². The summed E-state index contributed by atoms with van der Waals surface area (Å²) in [5.74, 6) is 0. The second-order valence-corrected chi connectivity index (χ2v) is 7.51. The molecule has 21 heavy (non-hydrogen) atoms. The lowest BCUT2D eigenvalue weighted by Crippen LogP contribution is -2.57. The number of rotatable bonds is 5. The fourth-order valence-corrected chi connectivity index (χ4v) is 3.37. The van der Waals surface area contributed by atoms with Gasteiger partial charge in [0, 0.05) is 42.7 Å². The molecule has 2 rings (SSSR count). The van der Waals surface area contributed by atoms with Crippen LogP contribution in [0.5, 0.6) is 0 Å². The smallest absolute Gasteiger partial charge is 0.0277 e. The standard InChI is InChI=1S/C17H28BrN3/c1-5-19-11-14-6-7-15(16(18)10-14)12-21-9-8-20(4)17(2,3)13-21/h6-7,10,19H,5,8-9,11-13H2,1-4H3. The highest BCUT2D eigenvalue weighted by Gasteiger charge is 2.30. The van der Waals surface area contributed by atoms with E-state index >= 15 is 0 Å². The third-order valence-electron chi connectivity index (χ3n) is 4.49. The molecule has 0 aliphatic carbocycles. The van der Waals surface area contributed by atoms with E-state index in [1.165, 1.54) is 15.6 Å². The van der Waals surface area contributed by atoms with E-state index in [1.54, 1.807) is 0 Å². The second kappa shape index (κ2) is 7.23. The molecular formula is C17H28BrN3. The quantitative estimate of drug-likeness (QED) is 0.877. The van der Waals surface area contributed by atoms with Crippen molar-refractivity contribution in [3.63, 3.8) is 0 Å². The summed E-state index contributed by atoms with van der Waals surface area (Å²) in [4.78, 5) is 5.02. The van der Waals surface area contributed by atoms with Gasteiger partial charge in [-0.25, -0.2) is 0 Å². The molecule has 1 N–H and O–H groups in total. The normalized spacial score (nSPS) is 19.9. The number of likely N-dealkylation sites (N-methyl/N-ethyl adjacent to an activating group) is 1. The lowest BCUT2D eigenvalue weighted by Gasteiger charge is -2.45. The van der Waals surface area contributed by atoms with E-state index in [9.17, 15) is 0 Å². The first-order chi connectivity index (χ1) is 9.92. The zero-order valence-electron chi connectivity index (χ0n) is 13.7. The topological polar surface area (TPSA) is 18.5 Å². The van der Waals surface area contributed by atoms with Gasteiger partial charge in [0.25, 0.3) is 0 Å². The Morgan fingerprint density at radius 2 is 2.05 bits per heavy atom. The van der Waals surface area contributed by atoms with E-state index < -0.39 is 0 Å². The van der Waals surface area contributed by atoms with Crippen molar-refractivity contribution in [2.75, 3.05) is 33.2 Å². The van der Waals surface area contributed by atoms with Crippen molar-refractivity contribution in [1.82, 2.24) is 15.1 Å². The predicted octanol–water partition coefficient (Wildman–Crippen LogP) is 3.08. The first-order valence-electron chi connectivity index (χ1n) is 7.84. The first-order valence-corrected chi connectivity index (χ1v) is 8.63. The van der Waals surface area contributed by atoms with Crippen LogP contribution in [0.1, 0.15) is 31.9 Å². The molecule has 1 saturated heterocycles. The Morgan fingerprint density at radius 1 is 1.29 bits per heavy atom. The predicted molar refractivity (Wildman–Crippen MR) is 93.5 cm³/mol. The maximum absolute atomic E-state index is 3.74. The van der Waals surface area contributed by atoms with Crippen molar-refractivity contribution in [1.29, 1.82) is 0 Å². The highest BCUT2D eigenvalue weighted by atomic mass is 79.9. The molecule has 1 aromatic rings. The Bertz CT molecular complexity index is 473. The number of hydrogen-bond donors (Lipinski definition) is 1. The van der Waals surface area contributed by atoms with Gasteiger partial charge >= 0.3 is 0 Å². The van der Waals surface area contributed by atoms with Gasteiger partial charge in [0.1, 0.15) is 0 Å². The molecule has 0 bridgehead atoms. The van der Waals surface area contributed by atoms with E-state index in [2.05, 4.69) is 77.1 Å². The van der Waals surface area contributed by atoms with Gasteiger partial charge in [-0.15, -0.1) is 0 Å². The zero-order chi connectivity index (χ0) is 15.5. The molecule has 0 atom stereocenters. The summed E-state index contributed by atoms with van der Waals surface area (Å²) in [6, 6.07) is 6.76. The molecule has 0 unspecified atom stereocenters. The number of halogens is 1. The van der Waals surface area contributed by atoms with Crippen LogP contribution in [0.25, 0.3) is 0 Å². The number of benzene rings is 1. The SMILES string of the molecule is CCNCc1ccc(CN2CCN(C)C(C)(C)C2)c(Br)c1. The van der Waals surface area contributed by atoms with Crippen LogP contribution in [0.15, 0.2) is 22.7 Å². The minimum absolute atomic E-state index is 0.260. The summed E-state index contributed by atoms with van der Waals surface area (Å²) >= 11 is 3.74. The van der Waals surface area contributed by atoms with Crippen molar-refractivity contribution in [3.8, 4) is 0 Å². The molecule has 1 fully saturated rings. The molecule has 4 heteroatoms. The van der Waals surface area contributed by atoms with E-state index in [0.29, 0.717) is 0 Å². The second-order valence-electron chi connectivity index (χ2n) is 6.65. The monoisotopic (exact) mass is 353 g/mol. The molecule has 0 spiro atoms. The highest BCUT2D eigenvalue weighted by Crippen LogP contribution is 2.24. The minimum Gasteiger partial charge on any atom is -0.313 e. The van der Waals surface area contributed by atoms with Gasteiger partial charge in [0.05, 0.1) is 0 Å². The van der Waals surface area contributed by atoms with Crippen molar-refractivity contribution in [2.24, 2.45) is 0 Å². The Labute approximate surface area is 137 Å². The molecular weight excluding hydrogens is 326 g/mol. The van der Waals surface area contributed by atoms with Gasteiger partial charge in [-0.3, -0.25) is 9.80 Å². The van der Waals surface area contributed by atoms with E-state index in [4.69, 9.17) is 0 Å². The van der Waals surface area contributed by atoms with Crippen LogP contribution in [0, 0.1) is 0 Å². The van der Waals surface area contributed by atoms with E-state index in [-0.39, 0.29) is 5.54 Å². The van der Waals surface area contributed by atoms with Crippen LogP contribution in [-0.2, 0) is 13.1 Å². The lowest BCUT2D eigenvalue weighted by atomic mass is 9.99. The van der Waals surface area contributed by atoms with Gasteiger partial charge < -0.3 is 5.32 Å². The maximum Gasteiger partial charge on any atom is 0.0277 e. The van der Waals surface area contributed by atoms with Gasteiger partial charge in [-0.1, -0.05) is 35.0 Å². The van der Waals surface area contributed by atoms with Gasteiger partial charge in [-0.2, -0.15) is 0 Å². The Hall–Kier alpha value is -0.420. The molecule has 1 aromatic carbocycles. The van der Waals surface area contributed by atoms with Gasteiger partial charge in [0.2, 0.25) is 0 Å². The van der Waals surface area contributed by atoms with Crippen molar-refractivity contribution in [2.45, 2.75) is 39.4 Å². The van der Waals surface area contributed by atoms with E-state index in [0.717, 1.165) is 39.3 Å². The molecule has 1 heterocycles. The average Bonchev–Trinajstić information content (AvgIpc) is 2.43. The summed E-state index contributed by atoms with van der Waals surface area (Å²) in [6.45, 7) is 13.2. The molecule has 1 aliphatic heterocycles. The van der Waals surface area contributed by atoms with Crippen molar-refractivity contribution in [3.05, 3.63) is 33.8 Å². The molecule has 3 nitrogen and oxygen atoms in total. The van der Waals surface area contributed by atoms with E-state index in [1.807, 2.05) is 0 Å². The van der Waals surface area contributed by atoms with Crippen LogP contribution >= 0.6 is 15.9 Å². The van der Waals surface area contributed by atoms with Crippen LogP contribution in [0.2, 0.25) is 0 Å². The number of nitrogens with zero attached hydrogens (tertiary/aromatic N) is 2. The third-order valence-corrected chi connectivity index (χ3v) is 5.22. The molecule has 0 aromatic heterocycles. The van der Waals surface area contributed by atoms with Crippen LogP contribution in [-0.4, -0.2) is 48.6 Å². The summed E-state index contributed by atoms with van der Waals surface area (Å²) in [5, 5.41) is 3.37.